The van der Waals surface area contributed by atoms with Crippen molar-refractivity contribution < 1.29 is 23.8 Å². The van der Waals surface area contributed by atoms with Crippen molar-refractivity contribution >= 4 is 23.6 Å². The van der Waals surface area contributed by atoms with E-state index >= 15 is 0 Å². The molecule has 1 saturated heterocycles. The fourth-order valence-corrected chi connectivity index (χ4v) is 5.81. The number of carbonyl (C=O) groups is 1. The summed E-state index contributed by atoms with van der Waals surface area (Å²) >= 11 is 5.95. The Morgan fingerprint density at radius 1 is 1.21 bits per heavy atom. The van der Waals surface area contributed by atoms with Gasteiger partial charge in [0.2, 0.25) is 0 Å². The molecular formula is C30H31ClFN3O4. The number of piperidine rings is 1. The van der Waals surface area contributed by atoms with Gasteiger partial charge in [0, 0.05) is 30.1 Å². The standard InChI is InChI=1S/C30H31ClFN3O4/c1-30(24-9-7-21(31)15-25(24)32)38-26-4-2-3-23(29(26)39-30)20-11-13-34(14-12-20)18-27-33-16-22(8-10-28(36)37)35(27)17-19-5-6-19/h2-4,7-10,15-16,19-20H,5-6,11-14,17-18H2,1H3,(H,36,37)/b10-8+. The number of para-hydroxylation sites is 1. The van der Waals surface area contributed by atoms with Gasteiger partial charge in [0.1, 0.15) is 11.6 Å². The van der Waals surface area contributed by atoms with Gasteiger partial charge in [0.05, 0.1) is 24.0 Å². The van der Waals surface area contributed by atoms with Gasteiger partial charge in [-0.05, 0) is 81.0 Å². The Balaban J connectivity index is 1.14. The Labute approximate surface area is 231 Å². The Hall–Kier alpha value is -3.36. The number of carboxylic acid groups (broad SMARTS) is 1. The van der Waals surface area contributed by atoms with Gasteiger partial charge in [-0.15, -0.1) is 0 Å². The van der Waals surface area contributed by atoms with Gasteiger partial charge in [-0.3, -0.25) is 4.90 Å². The summed E-state index contributed by atoms with van der Waals surface area (Å²) in [7, 11) is 0. The van der Waals surface area contributed by atoms with Crippen LogP contribution in [0.5, 0.6) is 11.5 Å². The summed E-state index contributed by atoms with van der Waals surface area (Å²) in [6.45, 7) is 5.13. The molecule has 3 aliphatic rings. The molecule has 39 heavy (non-hydrogen) atoms. The topological polar surface area (TPSA) is 76.8 Å². The number of imidazole rings is 1. The molecule has 6 rings (SSSR count). The molecule has 204 valence electrons. The number of benzene rings is 2. The lowest BCUT2D eigenvalue weighted by atomic mass is 9.88. The Morgan fingerprint density at radius 2 is 2.00 bits per heavy atom. The highest BCUT2D eigenvalue weighted by molar-refractivity contribution is 6.30. The molecule has 2 fully saturated rings. The molecule has 2 aliphatic heterocycles. The number of hydrogen-bond donors (Lipinski definition) is 1. The first-order chi connectivity index (χ1) is 18.8. The van der Waals surface area contributed by atoms with E-state index in [0.717, 1.165) is 56.1 Å². The maximum Gasteiger partial charge on any atom is 0.328 e. The van der Waals surface area contributed by atoms with E-state index in [9.17, 15) is 9.18 Å². The average molecular weight is 552 g/mol. The van der Waals surface area contributed by atoms with Crippen LogP contribution in [0.2, 0.25) is 5.02 Å². The molecule has 7 nitrogen and oxygen atoms in total. The molecule has 1 unspecified atom stereocenters. The van der Waals surface area contributed by atoms with Crippen LogP contribution in [0.25, 0.3) is 6.08 Å². The van der Waals surface area contributed by atoms with Crippen LogP contribution >= 0.6 is 11.6 Å². The number of nitrogens with zero attached hydrogens (tertiary/aromatic N) is 3. The van der Waals surface area contributed by atoms with Crippen LogP contribution in [0, 0.1) is 11.7 Å². The number of carboxylic acids is 1. The summed E-state index contributed by atoms with van der Waals surface area (Å²) < 4.78 is 29.4. The Kier molecular flexibility index (Phi) is 6.85. The fourth-order valence-electron chi connectivity index (χ4n) is 5.65. The molecule has 3 aromatic rings. The normalized spacial score (nSPS) is 21.6. The Bertz CT molecular complexity index is 1430. The van der Waals surface area contributed by atoms with E-state index in [1.54, 1.807) is 31.3 Å². The quantitative estimate of drug-likeness (QED) is 0.336. The minimum Gasteiger partial charge on any atom is -0.478 e. The first-order valence-corrected chi connectivity index (χ1v) is 13.8. The second kappa shape index (κ2) is 10.3. The number of ether oxygens (including phenoxy) is 2. The molecule has 1 aromatic heterocycles. The van der Waals surface area contributed by atoms with Crippen LogP contribution in [0.3, 0.4) is 0 Å². The molecular weight excluding hydrogens is 521 g/mol. The van der Waals surface area contributed by atoms with Crippen molar-refractivity contribution in [3.63, 3.8) is 0 Å². The van der Waals surface area contributed by atoms with Crippen molar-refractivity contribution in [1.82, 2.24) is 14.5 Å². The third-order valence-corrected chi connectivity index (χ3v) is 8.16. The van der Waals surface area contributed by atoms with Gasteiger partial charge in [-0.1, -0.05) is 23.7 Å². The van der Waals surface area contributed by atoms with Crippen molar-refractivity contribution in [2.45, 2.75) is 57.4 Å². The molecule has 1 aliphatic carbocycles. The van der Waals surface area contributed by atoms with E-state index in [4.69, 9.17) is 26.2 Å². The van der Waals surface area contributed by atoms with Crippen molar-refractivity contribution in [3.05, 3.63) is 82.2 Å². The zero-order valence-electron chi connectivity index (χ0n) is 21.8. The number of hydrogen-bond acceptors (Lipinski definition) is 5. The summed E-state index contributed by atoms with van der Waals surface area (Å²) in [5, 5.41) is 9.38. The number of rotatable bonds is 8. The molecule has 0 spiro atoms. The van der Waals surface area contributed by atoms with E-state index in [-0.39, 0.29) is 5.92 Å². The van der Waals surface area contributed by atoms with Crippen molar-refractivity contribution in [2.24, 2.45) is 5.92 Å². The molecule has 1 saturated carbocycles. The number of aromatic nitrogens is 2. The van der Waals surface area contributed by atoms with Crippen LogP contribution in [-0.2, 0) is 23.7 Å². The lowest BCUT2D eigenvalue weighted by Crippen LogP contribution is -2.34. The van der Waals surface area contributed by atoms with Crippen LogP contribution < -0.4 is 9.47 Å². The van der Waals surface area contributed by atoms with Crippen LogP contribution in [0.1, 0.15) is 61.2 Å². The fraction of sp³-hybridized carbons (Fsp3) is 0.400. The van der Waals surface area contributed by atoms with Gasteiger partial charge in [-0.2, -0.15) is 0 Å². The van der Waals surface area contributed by atoms with E-state index in [1.807, 2.05) is 12.1 Å². The van der Waals surface area contributed by atoms with Crippen molar-refractivity contribution in [1.29, 1.82) is 0 Å². The predicted octanol–water partition coefficient (Wildman–Crippen LogP) is 6.21. The molecule has 2 aromatic carbocycles. The van der Waals surface area contributed by atoms with Gasteiger partial charge in [0.15, 0.2) is 11.5 Å². The van der Waals surface area contributed by atoms with E-state index < -0.39 is 17.6 Å². The second-order valence-corrected chi connectivity index (χ2v) is 11.3. The van der Waals surface area contributed by atoms with Gasteiger partial charge >= 0.3 is 5.97 Å². The van der Waals surface area contributed by atoms with Crippen LogP contribution in [0.4, 0.5) is 4.39 Å². The maximum absolute atomic E-state index is 14.7. The maximum atomic E-state index is 14.7. The number of fused-ring (bicyclic) bond motifs is 1. The van der Waals surface area contributed by atoms with E-state index in [1.165, 1.54) is 25.0 Å². The molecule has 9 heteroatoms. The highest BCUT2D eigenvalue weighted by atomic mass is 35.5. The van der Waals surface area contributed by atoms with Crippen molar-refractivity contribution in [2.75, 3.05) is 13.1 Å². The Morgan fingerprint density at radius 3 is 2.72 bits per heavy atom. The third kappa shape index (κ3) is 5.40. The minimum absolute atomic E-state index is 0.289. The van der Waals surface area contributed by atoms with Crippen molar-refractivity contribution in [3.8, 4) is 11.5 Å². The highest BCUT2D eigenvalue weighted by Crippen LogP contribution is 2.49. The molecule has 0 radical (unpaired) electrons. The lowest BCUT2D eigenvalue weighted by Gasteiger charge is -2.32. The molecule has 0 bridgehead atoms. The van der Waals surface area contributed by atoms with E-state index in [2.05, 4.69) is 20.5 Å². The zero-order valence-corrected chi connectivity index (χ0v) is 22.5. The van der Waals surface area contributed by atoms with Crippen LogP contribution in [-0.4, -0.2) is 38.6 Å². The zero-order chi connectivity index (χ0) is 27.1. The lowest BCUT2D eigenvalue weighted by molar-refractivity contribution is -0.131. The van der Waals surface area contributed by atoms with Gasteiger partial charge < -0.3 is 19.1 Å². The summed E-state index contributed by atoms with van der Waals surface area (Å²) in [5.74, 6) is 0.529. The third-order valence-electron chi connectivity index (χ3n) is 7.93. The summed E-state index contributed by atoms with van der Waals surface area (Å²) in [6, 6.07) is 10.4. The summed E-state index contributed by atoms with van der Waals surface area (Å²) in [5.41, 5.74) is 2.23. The minimum atomic E-state index is -1.26. The molecule has 3 heterocycles. The number of likely N-dealkylation sites (tertiary alicyclic amines) is 1. The predicted molar refractivity (Wildman–Crippen MR) is 145 cm³/mol. The van der Waals surface area contributed by atoms with Gasteiger partial charge in [0.25, 0.3) is 5.79 Å². The number of halogens is 2. The highest BCUT2D eigenvalue weighted by Gasteiger charge is 2.43. The first kappa shape index (κ1) is 25.9. The van der Waals surface area contributed by atoms with Gasteiger partial charge in [-0.25, -0.2) is 14.2 Å². The number of aliphatic carboxylic acids is 1. The summed E-state index contributed by atoms with van der Waals surface area (Å²) in [6.07, 6.45) is 8.89. The monoisotopic (exact) mass is 551 g/mol. The smallest absolute Gasteiger partial charge is 0.328 e. The molecule has 1 N–H and O–H groups in total. The first-order valence-electron chi connectivity index (χ1n) is 13.4. The van der Waals surface area contributed by atoms with Crippen LogP contribution in [0.15, 0.2) is 48.7 Å². The average Bonchev–Trinajstić information content (AvgIpc) is 3.54. The molecule has 1 atom stereocenters. The van der Waals surface area contributed by atoms with E-state index in [0.29, 0.717) is 28.0 Å². The summed E-state index contributed by atoms with van der Waals surface area (Å²) in [4.78, 5) is 18.1. The molecule has 0 amide bonds. The largest absolute Gasteiger partial charge is 0.478 e. The SMILES string of the molecule is CC1(c2ccc(Cl)cc2F)Oc2cccc(C3CCN(Cc4ncc(/C=C/C(=O)O)n4CC4CC4)CC3)c2O1. The second-order valence-electron chi connectivity index (χ2n) is 10.8.